The third kappa shape index (κ3) is 3.00. The second-order valence-electron chi connectivity index (χ2n) is 6.35. The van der Waals surface area contributed by atoms with Gasteiger partial charge in [-0.05, 0) is 42.4 Å². The van der Waals surface area contributed by atoms with Crippen molar-refractivity contribution in [3.8, 4) is 0 Å². The van der Waals surface area contributed by atoms with Gasteiger partial charge in [0.1, 0.15) is 0 Å². The molecule has 23 heavy (non-hydrogen) atoms. The number of sulfonamides is 1. The number of carbonyl (C=O) groups is 1. The van der Waals surface area contributed by atoms with E-state index in [1.807, 2.05) is 0 Å². The molecule has 1 aromatic rings. The number of hydrogen-bond donors (Lipinski definition) is 2. The highest BCUT2D eigenvalue weighted by molar-refractivity contribution is 7.89. The first-order chi connectivity index (χ1) is 10.9. The van der Waals surface area contributed by atoms with E-state index < -0.39 is 28.0 Å². The number of carboxylic acid groups (broad SMARTS) is 1. The van der Waals surface area contributed by atoms with Gasteiger partial charge < -0.3 is 9.84 Å². The fourth-order valence-electron chi connectivity index (χ4n) is 3.97. The fraction of sp³-hybridized carbons (Fsp3) is 0.562. The molecule has 2 aliphatic carbocycles. The number of carboxylic acids is 1. The summed E-state index contributed by atoms with van der Waals surface area (Å²) in [6.07, 6.45) is 2.75. The minimum absolute atomic E-state index is 0.115. The summed E-state index contributed by atoms with van der Waals surface area (Å²) < 4.78 is 32.7. The molecule has 1 aromatic carbocycles. The van der Waals surface area contributed by atoms with Crippen molar-refractivity contribution in [2.24, 2.45) is 17.8 Å². The molecule has 0 saturated heterocycles. The van der Waals surface area contributed by atoms with Gasteiger partial charge in [0.2, 0.25) is 10.0 Å². The van der Waals surface area contributed by atoms with Crippen LogP contribution in [0.5, 0.6) is 0 Å². The van der Waals surface area contributed by atoms with Crippen LogP contribution in [0.3, 0.4) is 0 Å². The van der Waals surface area contributed by atoms with Gasteiger partial charge in [0.25, 0.3) is 0 Å². The maximum Gasteiger partial charge on any atom is 0.308 e. The van der Waals surface area contributed by atoms with Crippen LogP contribution in [-0.4, -0.2) is 32.6 Å². The van der Waals surface area contributed by atoms with Crippen molar-refractivity contribution < 1.29 is 23.1 Å². The Hall–Kier alpha value is -1.44. The molecule has 7 heteroatoms. The summed E-state index contributed by atoms with van der Waals surface area (Å²) in [4.78, 5) is 11.6. The van der Waals surface area contributed by atoms with E-state index in [0.717, 1.165) is 24.8 Å². The lowest BCUT2D eigenvalue weighted by atomic mass is 9.63. The van der Waals surface area contributed by atoms with Gasteiger partial charge in [0.05, 0.1) is 17.4 Å². The van der Waals surface area contributed by atoms with Gasteiger partial charge in [-0.15, -0.1) is 0 Å². The first-order valence-electron chi connectivity index (χ1n) is 7.77. The molecule has 126 valence electrons. The lowest BCUT2D eigenvalue weighted by Crippen LogP contribution is -2.60. The van der Waals surface area contributed by atoms with Crippen LogP contribution in [0.1, 0.15) is 24.8 Å². The highest BCUT2D eigenvalue weighted by Gasteiger charge is 2.56. The zero-order chi connectivity index (χ0) is 16.6. The Bertz CT molecular complexity index is 685. The van der Waals surface area contributed by atoms with Crippen LogP contribution in [0.25, 0.3) is 0 Å². The number of benzene rings is 1. The summed E-state index contributed by atoms with van der Waals surface area (Å²) in [6, 6.07) is 5.95. The number of fused-ring (bicyclic) bond motifs is 1. The number of hydrogen-bond acceptors (Lipinski definition) is 4. The van der Waals surface area contributed by atoms with Gasteiger partial charge in [-0.25, -0.2) is 13.1 Å². The first-order valence-corrected chi connectivity index (χ1v) is 9.25. The van der Waals surface area contributed by atoms with Crippen LogP contribution in [0, 0.1) is 17.8 Å². The average Bonchev–Trinajstić information content (AvgIpc) is 2.89. The van der Waals surface area contributed by atoms with Crippen LogP contribution in [0.2, 0.25) is 0 Å². The van der Waals surface area contributed by atoms with E-state index in [-0.39, 0.29) is 16.7 Å². The Morgan fingerprint density at radius 3 is 2.52 bits per heavy atom. The maximum atomic E-state index is 12.5. The Morgan fingerprint density at radius 2 is 1.91 bits per heavy atom. The summed E-state index contributed by atoms with van der Waals surface area (Å²) in [5.74, 6) is -1.25. The Labute approximate surface area is 135 Å². The van der Waals surface area contributed by atoms with Crippen LogP contribution in [0.4, 0.5) is 0 Å². The lowest BCUT2D eigenvalue weighted by molar-refractivity contribution is -0.152. The van der Waals surface area contributed by atoms with Crippen molar-refractivity contribution in [1.29, 1.82) is 0 Å². The molecule has 0 unspecified atom stereocenters. The normalized spacial score (nSPS) is 29.8. The molecule has 0 amide bonds. The molecule has 0 aliphatic heterocycles. The van der Waals surface area contributed by atoms with Crippen molar-refractivity contribution in [2.45, 2.75) is 36.8 Å². The molecule has 0 aromatic heterocycles. The molecule has 6 nitrogen and oxygen atoms in total. The monoisotopic (exact) mass is 339 g/mol. The zero-order valence-corrected chi connectivity index (χ0v) is 13.8. The van der Waals surface area contributed by atoms with E-state index in [1.54, 1.807) is 19.2 Å². The molecule has 3 rings (SSSR count). The van der Waals surface area contributed by atoms with Crippen molar-refractivity contribution >= 4 is 16.0 Å². The van der Waals surface area contributed by atoms with Gasteiger partial charge in [-0.1, -0.05) is 18.6 Å². The van der Waals surface area contributed by atoms with Gasteiger partial charge in [-0.3, -0.25) is 4.79 Å². The van der Waals surface area contributed by atoms with Crippen LogP contribution in [-0.2, 0) is 26.2 Å². The van der Waals surface area contributed by atoms with Crippen LogP contribution < -0.4 is 4.72 Å². The third-order valence-corrected chi connectivity index (χ3v) is 6.53. The van der Waals surface area contributed by atoms with E-state index in [1.165, 1.54) is 12.1 Å². The summed E-state index contributed by atoms with van der Waals surface area (Å²) >= 11 is 0. The molecule has 0 radical (unpaired) electrons. The molecule has 4 atom stereocenters. The van der Waals surface area contributed by atoms with Crippen molar-refractivity contribution in [2.75, 3.05) is 7.11 Å². The topological polar surface area (TPSA) is 92.7 Å². The first kappa shape index (κ1) is 16.4. The largest absolute Gasteiger partial charge is 0.481 e. The Morgan fingerprint density at radius 1 is 1.26 bits per heavy atom. The minimum atomic E-state index is -3.71. The van der Waals surface area contributed by atoms with E-state index in [2.05, 4.69) is 4.72 Å². The quantitative estimate of drug-likeness (QED) is 0.821. The average molecular weight is 339 g/mol. The Kier molecular flexibility index (Phi) is 4.44. The van der Waals surface area contributed by atoms with Crippen molar-refractivity contribution in [3.05, 3.63) is 29.8 Å². The number of rotatable bonds is 6. The molecule has 2 fully saturated rings. The van der Waals surface area contributed by atoms with Gasteiger partial charge in [-0.2, -0.15) is 0 Å². The number of ether oxygens (including phenoxy) is 1. The third-order valence-electron chi connectivity index (χ3n) is 5.06. The highest BCUT2D eigenvalue weighted by atomic mass is 32.2. The molecule has 2 saturated carbocycles. The molecule has 2 aliphatic rings. The molecule has 0 spiro atoms. The second kappa shape index (κ2) is 6.22. The van der Waals surface area contributed by atoms with E-state index in [9.17, 15) is 18.3 Å². The number of nitrogens with one attached hydrogen (secondary N) is 1. The van der Waals surface area contributed by atoms with Crippen LogP contribution in [0.15, 0.2) is 29.2 Å². The van der Waals surface area contributed by atoms with Gasteiger partial charge in [0.15, 0.2) is 0 Å². The SMILES string of the molecule is COCc1ccc(S(=O)(=O)N[C@H]2[C@@H]3CCC[C@@H]3[C@@H]2C(=O)O)cc1. The van der Waals surface area contributed by atoms with E-state index in [4.69, 9.17) is 4.74 Å². The smallest absolute Gasteiger partial charge is 0.308 e. The highest BCUT2D eigenvalue weighted by Crippen LogP contribution is 2.51. The standard InChI is InChI=1S/C16H21NO5S/c1-22-9-10-5-7-11(8-6-10)23(20,21)17-15-13-4-2-3-12(13)14(15)16(18)19/h5-8,12-15,17H,2-4,9H2,1H3,(H,18,19)/t12-,13+,14-,15-/m0/s1. The molecule has 2 N–H and O–H groups in total. The summed E-state index contributed by atoms with van der Waals surface area (Å²) in [6.45, 7) is 0.418. The summed E-state index contributed by atoms with van der Waals surface area (Å²) in [5, 5.41) is 9.36. The van der Waals surface area contributed by atoms with Crippen LogP contribution >= 0.6 is 0 Å². The van der Waals surface area contributed by atoms with Crippen molar-refractivity contribution in [3.63, 3.8) is 0 Å². The molecule has 0 bridgehead atoms. The van der Waals surface area contributed by atoms with Gasteiger partial charge in [0, 0.05) is 13.2 Å². The predicted octanol–water partition coefficient (Wildman–Crippen LogP) is 1.61. The fourth-order valence-corrected chi connectivity index (χ4v) is 5.28. The maximum absolute atomic E-state index is 12.5. The molecular formula is C16H21NO5S. The van der Waals surface area contributed by atoms with Gasteiger partial charge >= 0.3 is 5.97 Å². The predicted molar refractivity (Wildman–Crippen MR) is 83.2 cm³/mol. The molecule has 0 heterocycles. The summed E-state index contributed by atoms with van der Waals surface area (Å²) in [5.41, 5.74) is 0.884. The molecular weight excluding hydrogens is 318 g/mol. The van der Waals surface area contributed by atoms with E-state index in [0.29, 0.717) is 6.61 Å². The lowest BCUT2D eigenvalue weighted by Gasteiger charge is -2.46. The zero-order valence-electron chi connectivity index (χ0n) is 12.9. The van der Waals surface area contributed by atoms with E-state index >= 15 is 0 Å². The number of methoxy groups -OCH3 is 1. The Balaban J connectivity index is 1.76. The number of aliphatic carboxylic acids is 1. The minimum Gasteiger partial charge on any atom is -0.481 e. The van der Waals surface area contributed by atoms with Crippen molar-refractivity contribution in [1.82, 2.24) is 4.72 Å². The second-order valence-corrected chi connectivity index (χ2v) is 8.06. The summed E-state index contributed by atoms with van der Waals surface area (Å²) in [7, 11) is -2.14.